The molecule has 1 N–H and O–H groups in total. The molecular formula is C20H20Cl2N2O2. The van der Waals surface area contributed by atoms with Gasteiger partial charge in [0.25, 0.3) is 5.91 Å². The lowest BCUT2D eigenvalue weighted by molar-refractivity contribution is -0.140. The van der Waals surface area contributed by atoms with Crippen LogP contribution in [0.5, 0.6) is 0 Å². The summed E-state index contributed by atoms with van der Waals surface area (Å²) in [4.78, 5) is 25.3. The Bertz CT molecular complexity index is 753. The molecule has 4 aliphatic carbocycles. The molecule has 4 fully saturated rings. The predicted octanol–water partition coefficient (Wildman–Crippen LogP) is 4.11. The van der Waals surface area contributed by atoms with Gasteiger partial charge in [-0.25, -0.2) is 0 Å². The number of carbonyl (C=O) groups excluding carboxylic acids is 2. The molecule has 5 rings (SSSR count). The maximum atomic E-state index is 12.7. The standard InChI is InChI=1S/C20H20Cl2N2O2/c21-15-2-1-3-16(22)17(15)14(9-23)19(25)20(26)24-18-12-5-10-4-11(7-12)8-13(18)6-10/h1-3,10-14,18H,4-8H2,(H,24,26). The van der Waals surface area contributed by atoms with Crippen molar-refractivity contribution in [3.05, 3.63) is 33.8 Å². The van der Waals surface area contributed by atoms with Gasteiger partial charge in [-0.2, -0.15) is 5.26 Å². The van der Waals surface area contributed by atoms with Gasteiger partial charge in [0.1, 0.15) is 5.92 Å². The summed E-state index contributed by atoms with van der Waals surface area (Å²) in [6, 6.07) is 6.73. The molecule has 0 aromatic heterocycles. The fourth-order valence-corrected chi connectivity index (χ4v) is 6.17. The van der Waals surface area contributed by atoms with Crippen molar-refractivity contribution in [1.29, 1.82) is 5.26 Å². The van der Waals surface area contributed by atoms with E-state index in [9.17, 15) is 14.9 Å². The molecule has 0 saturated heterocycles. The summed E-state index contributed by atoms with van der Waals surface area (Å²) < 4.78 is 0. The van der Waals surface area contributed by atoms with Gasteiger partial charge < -0.3 is 5.32 Å². The van der Waals surface area contributed by atoms with Crippen molar-refractivity contribution in [3.63, 3.8) is 0 Å². The average Bonchev–Trinajstić information content (AvgIpc) is 2.60. The lowest BCUT2D eigenvalue weighted by Gasteiger charge is -2.54. The average molecular weight is 391 g/mol. The number of halogens is 2. The molecule has 4 aliphatic rings. The van der Waals surface area contributed by atoms with E-state index < -0.39 is 17.6 Å². The Morgan fingerprint density at radius 3 is 2.08 bits per heavy atom. The normalized spacial score (nSPS) is 32.7. The minimum absolute atomic E-state index is 0.0558. The highest BCUT2D eigenvalue weighted by Crippen LogP contribution is 2.53. The van der Waals surface area contributed by atoms with Crippen LogP contribution in [0.3, 0.4) is 0 Å². The Hall–Kier alpha value is -1.57. The fourth-order valence-electron chi connectivity index (χ4n) is 5.56. The molecule has 136 valence electrons. The fraction of sp³-hybridized carbons (Fsp3) is 0.550. The highest BCUT2D eigenvalue weighted by Gasteiger charge is 2.49. The third kappa shape index (κ3) is 3.02. The van der Waals surface area contributed by atoms with Crippen molar-refractivity contribution in [2.45, 2.75) is 44.1 Å². The quantitative estimate of drug-likeness (QED) is 0.786. The Morgan fingerprint density at radius 1 is 1.04 bits per heavy atom. The minimum atomic E-state index is -1.28. The minimum Gasteiger partial charge on any atom is -0.346 e. The second-order valence-corrected chi connectivity index (χ2v) is 8.81. The molecule has 4 saturated carbocycles. The highest BCUT2D eigenvalue weighted by atomic mass is 35.5. The topological polar surface area (TPSA) is 70.0 Å². The van der Waals surface area contributed by atoms with Crippen LogP contribution < -0.4 is 5.32 Å². The summed E-state index contributed by atoms with van der Waals surface area (Å²) in [5, 5.41) is 12.9. The van der Waals surface area contributed by atoms with Gasteiger partial charge in [0.2, 0.25) is 5.78 Å². The van der Waals surface area contributed by atoms with Crippen LogP contribution in [-0.4, -0.2) is 17.7 Å². The van der Waals surface area contributed by atoms with E-state index in [4.69, 9.17) is 23.2 Å². The van der Waals surface area contributed by atoms with E-state index in [0.29, 0.717) is 11.8 Å². The number of amides is 1. The largest absolute Gasteiger partial charge is 0.346 e. The van der Waals surface area contributed by atoms with Crippen molar-refractivity contribution in [1.82, 2.24) is 5.32 Å². The van der Waals surface area contributed by atoms with Crippen LogP contribution in [0.2, 0.25) is 10.0 Å². The van der Waals surface area contributed by atoms with Crippen LogP contribution in [0.25, 0.3) is 0 Å². The number of nitriles is 1. The Balaban J connectivity index is 1.51. The summed E-state index contributed by atoms with van der Waals surface area (Å²) in [6.45, 7) is 0. The van der Waals surface area contributed by atoms with Crippen molar-refractivity contribution < 1.29 is 9.59 Å². The number of hydrogen-bond acceptors (Lipinski definition) is 3. The first-order chi connectivity index (χ1) is 12.5. The van der Waals surface area contributed by atoms with Crippen LogP contribution in [-0.2, 0) is 9.59 Å². The van der Waals surface area contributed by atoms with Gasteiger partial charge in [-0.05, 0) is 67.9 Å². The third-order valence-corrected chi connectivity index (χ3v) is 7.09. The molecule has 0 spiro atoms. The van der Waals surface area contributed by atoms with Crippen molar-refractivity contribution in [3.8, 4) is 6.07 Å². The molecule has 1 amide bonds. The summed E-state index contributed by atoms with van der Waals surface area (Å²) in [5.41, 5.74) is 0.212. The molecule has 0 radical (unpaired) electrons. The van der Waals surface area contributed by atoms with Gasteiger partial charge in [0, 0.05) is 21.7 Å². The number of ketones is 1. The molecule has 4 nitrogen and oxygen atoms in total. The molecule has 1 aromatic carbocycles. The van der Waals surface area contributed by atoms with Gasteiger partial charge in [-0.1, -0.05) is 29.3 Å². The summed E-state index contributed by atoms with van der Waals surface area (Å²) >= 11 is 12.2. The van der Waals surface area contributed by atoms with Gasteiger partial charge in [0.05, 0.1) is 6.07 Å². The molecule has 6 heteroatoms. The third-order valence-electron chi connectivity index (χ3n) is 6.43. The Morgan fingerprint density at radius 2 is 1.58 bits per heavy atom. The number of hydrogen-bond donors (Lipinski definition) is 1. The molecule has 1 unspecified atom stereocenters. The van der Waals surface area contributed by atoms with Gasteiger partial charge in [-0.3, -0.25) is 9.59 Å². The second kappa shape index (κ2) is 6.87. The molecule has 0 heterocycles. The Labute approximate surface area is 162 Å². The maximum absolute atomic E-state index is 12.7. The van der Waals surface area contributed by atoms with Crippen LogP contribution >= 0.6 is 23.2 Å². The second-order valence-electron chi connectivity index (χ2n) is 7.99. The highest BCUT2D eigenvalue weighted by molar-refractivity contribution is 6.42. The van der Waals surface area contributed by atoms with E-state index in [-0.39, 0.29) is 21.7 Å². The number of nitrogens with zero attached hydrogens (tertiary/aromatic N) is 1. The lowest BCUT2D eigenvalue weighted by Crippen LogP contribution is -2.57. The molecule has 26 heavy (non-hydrogen) atoms. The molecule has 1 atom stereocenters. The van der Waals surface area contributed by atoms with Crippen LogP contribution in [0, 0.1) is 35.0 Å². The number of benzene rings is 1. The summed E-state index contributed by atoms with van der Waals surface area (Å²) in [5.74, 6) is -0.250. The molecule has 0 aliphatic heterocycles. The zero-order valence-electron chi connectivity index (χ0n) is 14.3. The molecule has 1 aromatic rings. The zero-order chi connectivity index (χ0) is 18.4. The first-order valence-electron chi connectivity index (χ1n) is 9.16. The van der Waals surface area contributed by atoms with E-state index in [1.165, 1.54) is 6.42 Å². The van der Waals surface area contributed by atoms with Crippen molar-refractivity contribution in [2.75, 3.05) is 0 Å². The Kier molecular flexibility index (Phi) is 4.71. The number of nitrogens with one attached hydrogen (secondary N) is 1. The van der Waals surface area contributed by atoms with E-state index >= 15 is 0 Å². The van der Waals surface area contributed by atoms with Crippen molar-refractivity contribution >= 4 is 34.9 Å². The smallest absolute Gasteiger partial charge is 0.289 e. The first-order valence-corrected chi connectivity index (χ1v) is 9.91. The van der Waals surface area contributed by atoms with E-state index in [0.717, 1.165) is 37.5 Å². The zero-order valence-corrected chi connectivity index (χ0v) is 15.8. The van der Waals surface area contributed by atoms with E-state index in [1.807, 2.05) is 6.07 Å². The predicted molar refractivity (Wildman–Crippen MR) is 98.8 cm³/mol. The SMILES string of the molecule is N#CC(C(=O)C(=O)NC1C2CC3CC(C2)CC1C3)c1c(Cl)cccc1Cl. The summed E-state index contributed by atoms with van der Waals surface area (Å²) in [7, 11) is 0. The van der Waals surface area contributed by atoms with Crippen molar-refractivity contribution in [2.24, 2.45) is 23.7 Å². The van der Waals surface area contributed by atoms with Crippen LogP contribution in [0.1, 0.15) is 43.6 Å². The first kappa shape index (κ1) is 17.8. The lowest BCUT2D eigenvalue weighted by atomic mass is 9.54. The van der Waals surface area contributed by atoms with E-state index in [2.05, 4.69) is 5.32 Å². The van der Waals surface area contributed by atoms with Gasteiger partial charge in [-0.15, -0.1) is 0 Å². The van der Waals surface area contributed by atoms with Crippen LogP contribution in [0.15, 0.2) is 18.2 Å². The molecular weight excluding hydrogens is 371 g/mol. The van der Waals surface area contributed by atoms with Crippen LogP contribution in [0.4, 0.5) is 0 Å². The summed E-state index contributed by atoms with van der Waals surface area (Å²) in [6.07, 6.45) is 5.90. The monoisotopic (exact) mass is 390 g/mol. The van der Waals surface area contributed by atoms with E-state index in [1.54, 1.807) is 18.2 Å². The van der Waals surface area contributed by atoms with Gasteiger partial charge >= 0.3 is 0 Å². The molecule has 4 bridgehead atoms. The number of Topliss-reactive ketones (excluding diaryl/α,β-unsaturated/α-hetero) is 1. The number of rotatable bonds is 4. The number of carbonyl (C=O) groups is 2. The van der Waals surface area contributed by atoms with Gasteiger partial charge in [0.15, 0.2) is 0 Å². The maximum Gasteiger partial charge on any atom is 0.289 e.